The molecule has 2 aromatic heterocycles. The third kappa shape index (κ3) is 3.65. The number of nitrogens with zero attached hydrogens (tertiary/aromatic N) is 5. The fourth-order valence-corrected chi connectivity index (χ4v) is 3.45. The molecule has 4 rings (SSSR count). The molecule has 1 aromatic carbocycles. The maximum atomic E-state index is 12.7. The summed E-state index contributed by atoms with van der Waals surface area (Å²) >= 11 is 0. The van der Waals surface area contributed by atoms with E-state index in [-0.39, 0.29) is 24.1 Å². The molecule has 146 valence electrons. The van der Waals surface area contributed by atoms with Crippen molar-refractivity contribution in [3.8, 4) is 5.69 Å². The fourth-order valence-electron chi connectivity index (χ4n) is 3.45. The van der Waals surface area contributed by atoms with E-state index in [4.69, 9.17) is 4.74 Å². The quantitative estimate of drug-likeness (QED) is 0.703. The topological polar surface area (TPSA) is 104 Å². The smallest absolute Gasteiger partial charge is 0.284 e. The molecule has 0 radical (unpaired) electrons. The maximum Gasteiger partial charge on any atom is 0.284 e. The number of fused-ring (bicyclic) bond motifs is 1. The van der Waals surface area contributed by atoms with Gasteiger partial charge in [0.15, 0.2) is 11.2 Å². The van der Waals surface area contributed by atoms with E-state index < -0.39 is 5.56 Å². The highest BCUT2D eigenvalue weighted by Crippen LogP contribution is 2.16. The molecule has 3 aromatic rings. The summed E-state index contributed by atoms with van der Waals surface area (Å²) in [5, 5.41) is 10.9. The zero-order valence-electron chi connectivity index (χ0n) is 15.9. The molecule has 1 aliphatic heterocycles. The van der Waals surface area contributed by atoms with Crippen molar-refractivity contribution in [2.75, 3.05) is 13.2 Å². The van der Waals surface area contributed by atoms with E-state index in [0.717, 1.165) is 36.3 Å². The summed E-state index contributed by atoms with van der Waals surface area (Å²) in [4.78, 5) is 29.2. The maximum absolute atomic E-state index is 12.7. The second-order valence-corrected chi connectivity index (χ2v) is 7.14. The Balaban J connectivity index is 1.56. The largest absolute Gasteiger partial charge is 0.376 e. The minimum absolute atomic E-state index is 0.0546. The van der Waals surface area contributed by atoms with Crippen molar-refractivity contribution in [2.45, 2.75) is 39.3 Å². The number of hydrogen-bond donors (Lipinski definition) is 1. The molecular weight excluding hydrogens is 360 g/mol. The number of benzene rings is 1. The van der Waals surface area contributed by atoms with Gasteiger partial charge < -0.3 is 10.1 Å². The number of ether oxygens (including phenoxy) is 1. The van der Waals surface area contributed by atoms with Gasteiger partial charge in [0.2, 0.25) is 5.91 Å². The van der Waals surface area contributed by atoms with E-state index >= 15 is 0 Å². The first kappa shape index (κ1) is 18.3. The Kier molecular flexibility index (Phi) is 4.91. The van der Waals surface area contributed by atoms with Crippen molar-refractivity contribution < 1.29 is 9.53 Å². The Bertz CT molecular complexity index is 1060. The number of aromatic nitrogens is 5. The Hall–Kier alpha value is -3.07. The standard InChI is InChI=1S/C19H22N6O3/c1-12-6-13(2)8-14(7-12)25-18-17(22-23-25)19(27)24(11-21-18)10-16(26)20-9-15-4-3-5-28-15/h6-8,11,15H,3-5,9-10H2,1-2H3,(H,20,26)/t15-/m1/s1. The number of aryl methyl sites for hydroxylation is 2. The molecule has 1 atom stereocenters. The lowest BCUT2D eigenvalue weighted by atomic mass is 10.1. The first-order valence-corrected chi connectivity index (χ1v) is 9.29. The molecule has 1 amide bonds. The van der Waals surface area contributed by atoms with Crippen LogP contribution in [0, 0.1) is 13.8 Å². The first-order valence-electron chi connectivity index (χ1n) is 9.29. The fraction of sp³-hybridized carbons (Fsp3) is 0.421. The molecule has 28 heavy (non-hydrogen) atoms. The van der Waals surface area contributed by atoms with E-state index in [9.17, 15) is 9.59 Å². The molecule has 0 unspecified atom stereocenters. The third-order valence-electron chi connectivity index (χ3n) is 4.75. The highest BCUT2D eigenvalue weighted by molar-refractivity contribution is 5.76. The van der Waals surface area contributed by atoms with Gasteiger partial charge in [0, 0.05) is 13.2 Å². The van der Waals surface area contributed by atoms with Crippen LogP contribution in [0.25, 0.3) is 16.9 Å². The van der Waals surface area contributed by atoms with E-state index in [1.165, 1.54) is 10.9 Å². The van der Waals surface area contributed by atoms with Crippen molar-refractivity contribution in [1.29, 1.82) is 0 Å². The van der Waals surface area contributed by atoms with Crippen LogP contribution < -0.4 is 10.9 Å². The minimum atomic E-state index is -0.395. The van der Waals surface area contributed by atoms with Crippen molar-refractivity contribution in [1.82, 2.24) is 29.9 Å². The molecule has 9 heteroatoms. The van der Waals surface area contributed by atoms with Gasteiger partial charge in [-0.3, -0.25) is 14.2 Å². The van der Waals surface area contributed by atoms with Gasteiger partial charge in [0.1, 0.15) is 12.9 Å². The first-order chi connectivity index (χ1) is 13.5. The molecule has 1 N–H and O–H groups in total. The van der Waals surface area contributed by atoms with Crippen LogP contribution in [-0.2, 0) is 16.1 Å². The molecule has 0 spiro atoms. The molecule has 1 saturated heterocycles. The molecular formula is C19H22N6O3. The van der Waals surface area contributed by atoms with Crippen molar-refractivity contribution >= 4 is 17.1 Å². The molecule has 1 fully saturated rings. The lowest BCUT2D eigenvalue weighted by molar-refractivity contribution is -0.122. The van der Waals surface area contributed by atoms with Crippen LogP contribution in [0.15, 0.2) is 29.3 Å². The number of amides is 1. The van der Waals surface area contributed by atoms with Crippen LogP contribution in [0.4, 0.5) is 0 Å². The number of carbonyl (C=O) groups is 1. The van der Waals surface area contributed by atoms with Crippen LogP contribution >= 0.6 is 0 Å². The van der Waals surface area contributed by atoms with Gasteiger partial charge in [0.25, 0.3) is 5.56 Å². The summed E-state index contributed by atoms with van der Waals surface area (Å²) in [6.45, 7) is 5.05. The minimum Gasteiger partial charge on any atom is -0.376 e. The normalized spacial score (nSPS) is 16.6. The van der Waals surface area contributed by atoms with Crippen LogP contribution in [0.2, 0.25) is 0 Å². The summed E-state index contributed by atoms with van der Waals surface area (Å²) in [7, 11) is 0. The number of carbonyl (C=O) groups excluding carboxylic acids is 1. The monoisotopic (exact) mass is 382 g/mol. The van der Waals surface area contributed by atoms with Crippen molar-refractivity contribution in [2.24, 2.45) is 0 Å². The molecule has 0 aliphatic carbocycles. The number of hydrogen-bond acceptors (Lipinski definition) is 6. The molecule has 3 heterocycles. The summed E-state index contributed by atoms with van der Waals surface area (Å²) < 4.78 is 8.26. The Morgan fingerprint density at radius 3 is 2.79 bits per heavy atom. The highest BCUT2D eigenvalue weighted by Gasteiger charge is 2.18. The van der Waals surface area contributed by atoms with Gasteiger partial charge in [-0.25, -0.2) is 4.98 Å². The molecule has 9 nitrogen and oxygen atoms in total. The van der Waals surface area contributed by atoms with E-state index in [1.807, 2.05) is 26.0 Å². The Morgan fingerprint density at radius 1 is 1.29 bits per heavy atom. The average Bonchev–Trinajstić information content (AvgIpc) is 3.31. The van der Waals surface area contributed by atoms with Crippen molar-refractivity contribution in [3.63, 3.8) is 0 Å². The van der Waals surface area contributed by atoms with E-state index in [0.29, 0.717) is 12.2 Å². The second-order valence-electron chi connectivity index (χ2n) is 7.14. The van der Waals surface area contributed by atoms with Gasteiger partial charge in [0.05, 0.1) is 11.8 Å². The molecule has 0 saturated carbocycles. The third-order valence-corrected chi connectivity index (χ3v) is 4.75. The molecule has 0 bridgehead atoms. The van der Waals surface area contributed by atoms with Crippen LogP contribution in [-0.4, -0.2) is 49.7 Å². The van der Waals surface area contributed by atoms with Gasteiger partial charge >= 0.3 is 0 Å². The van der Waals surface area contributed by atoms with Crippen molar-refractivity contribution in [3.05, 3.63) is 46.0 Å². The van der Waals surface area contributed by atoms with Crippen LogP contribution in [0.1, 0.15) is 24.0 Å². The molecule has 1 aliphatic rings. The Morgan fingerprint density at radius 2 is 2.07 bits per heavy atom. The predicted molar refractivity (Wildman–Crippen MR) is 102 cm³/mol. The summed E-state index contributed by atoms with van der Waals surface area (Å²) in [6, 6.07) is 5.96. The zero-order chi connectivity index (χ0) is 19.7. The van der Waals surface area contributed by atoms with E-state index in [2.05, 4.69) is 26.7 Å². The number of rotatable bonds is 5. The predicted octanol–water partition coefficient (Wildman–Crippen LogP) is 0.889. The van der Waals surface area contributed by atoms with Gasteiger partial charge in [-0.2, -0.15) is 4.68 Å². The van der Waals surface area contributed by atoms with Crippen LogP contribution in [0.5, 0.6) is 0 Å². The number of nitrogens with one attached hydrogen (secondary N) is 1. The summed E-state index contributed by atoms with van der Waals surface area (Å²) in [6.07, 6.45) is 3.36. The second kappa shape index (κ2) is 7.51. The zero-order valence-corrected chi connectivity index (χ0v) is 15.9. The van der Waals surface area contributed by atoms with Gasteiger partial charge in [-0.1, -0.05) is 11.3 Å². The lowest BCUT2D eigenvalue weighted by Crippen LogP contribution is -2.36. The Labute approximate surface area is 161 Å². The van der Waals surface area contributed by atoms with Crippen LogP contribution in [0.3, 0.4) is 0 Å². The summed E-state index contributed by atoms with van der Waals surface area (Å²) in [5.41, 5.74) is 3.05. The van der Waals surface area contributed by atoms with Gasteiger partial charge in [-0.05, 0) is 49.9 Å². The average molecular weight is 382 g/mol. The lowest BCUT2D eigenvalue weighted by Gasteiger charge is -2.11. The van der Waals surface area contributed by atoms with Gasteiger partial charge in [-0.15, -0.1) is 5.10 Å². The van der Waals surface area contributed by atoms with E-state index in [1.54, 1.807) is 4.68 Å². The highest BCUT2D eigenvalue weighted by atomic mass is 16.5. The summed E-state index contributed by atoms with van der Waals surface area (Å²) in [5.74, 6) is -0.263. The SMILES string of the molecule is Cc1cc(C)cc(-n2nnc3c(=O)n(CC(=O)NC[C@H]4CCCO4)cnc32)c1.